The van der Waals surface area contributed by atoms with E-state index in [0.29, 0.717) is 17.3 Å². The van der Waals surface area contributed by atoms with E-state index in [1.54, 1.807) is 14.2 Å². The third kappa shape index (κ3) is 3.89. The highest BCUT2D eigenvalue weighted by atomic mass is 16.5. The second-order valence-electron chi connectivity index (χ2n) is 5.20. The van der Waals surface area contributed by atoms with Gasteiger partial charge in [-0.2, -0.15) is 0 Å². The maximum atomic E-state index is 6.21. The molecule has 4 N–H and O–H groups in total. The number of nitrogens with one attached hydrogen (secondary N) is 2. The lowest BCUT2D eigenvalue weighted by Crippen LogP contribution is -2.05. The summed E-state index contributed by atoms with van der Waals surface area (Å²) in [5.41, 5.74) is 8.25. The normalized spacial score (nSPS) is 10.2. The van der Waals surface area contributed by atoms with E-state index in [4.69, 9.17) is 15.2 Å². The average Bonchev–Trinajstić information content (AvgIpc) is 2.65. The molecule has 7 nitrogen and oxygen atoms in total. The van der Waals surface area contributed by atoms with Crippen LogP contribution < -0.4 is 25.8 Å². The highest BCUT2D eigenvalue weighted by Gasteiger charge is 2.09. The zero-order valence-electron chi connectivity index (χ0n) is 14.0. The number of nitrogen functional groups attached to an aromatic ring is 1. The number of rotatable bonds is 6. The van der Waals surface area contributed by atoms with Gasteiger partial charge >= 0.3 is 0 Å². The van der Waals surface area contributed by atoms with Crippen molar-refractivity contribution < 1.29 is 9.47 Å². The largest absolute Gasteiger partial charge is 0.497 e. The summed E-state index contributed by atoms with van der Waals surface area (Å²) >= 11 is 0. The smallest absolute Gasteiger partial charge is 0.159 e. The van der Waals surface area contributed by atoms with Crippen LogP contribution in [0.5, 0.6) is 11.5 Å². The highest BCUT2D eigenvalue weighted by Crippen LogP contribution is 2.29. The molecule has 7 heteroatoms. The molecule has 0 unspecified atom stereocenters. The van der Waals surface area contributed by atoms with Crippen LogP contribution in [0.25, 0.3) is 0 Å². The molecule has 0 fully saturated rings. The number of benzene rings is 2. The van der Waals surface area contributed by atoms with E-state index in [1.807, 2.05) is 48.5 Å². The van der Waals surface area contributed by atoms with Crippen LogP contribution in [0.3, 0.4) is 0 Å². The third-order valence-corrected chi connectivity index (χ3v) is 3.55. The highest BCUT2D eigenvalue weighted by molar-refractivity contribution is 5.80. The lowest BCUT2D eigenvalue weighted by molar-refractivity contribution is 0.415. The fourth-order valence-corrected chi connectivity index (χ4v) is 2.27. The van der Waals surface area contributed by atoms with Gasteiger partial charge in [0.25, 0.3) is 0 Å². The van der Waals surface area contributed by atoms with Gasteiger partial charge in [0, 0.05) is 23.5 Å². The standard InChI is InChI=1S/C18H19N5O2/c1-24-14-7-3-5-12(9-14)22-17-16(19)18(21-11-20-17)23-13-6-4-8-15(10-13)25-2/h3-11H,19H2,1-2H3,(H2,20,21,22,23). The van der Waals surface area contributed by atoms with Crippen molar-refractivity contribution in [2.75, 3.05) is 30.6 Å². The monoisotopic (exact) mass is 337 g/mol. The van der Waals surface area contributed by atoms with Gasteiger partial charge in [0.1, 0.15) is 23.5 Å². The molecule has 2 aromatic carbocycles. The molecule has 0 bridgehead atoms. The third-order valence-electron chi connectivity index (χ3n) is 3.55. The number of nitrogens with zero attached hydrogens (tertiary/aromatic N) is 2. The second-order valence-corrected chi connectivity index (χ2v) is 5.20. The number of ether oxygens (including phenoxy) is 2. The molecule has 1 aromatic heterocycles. The van der Waals surface area contributed by atoms with Gasteiger partial charge in [-0.15, -0.1) is 0 Å². The molecule has 0 amide bonds. The Bertz CT molecular complexity index is 802. The Kier molecular flexibility index (Phi) is 4.84. The number of nitrogens with two attached hydrogens (primary N) is 1. The van der Waals surface area contributed by atoms with Crippen LogP contribution in [-0.4, -0.2) is 24.2 Å². The van der Waals surface area contributed by atoms with Crippen molar-refractivity contribution in [3.8, 4) is 11.5 Å². The summed E-state index contributed by atoms with van der Waals surface area (Å²) in [4.78, 5) is 8.42. The van der Waals surface area contributed by atoms with Crippen LogP contribution >= 0.6 is 0 Å². The van der Waals surface area contributed by atoms with E-state index >= 15 is 0 Å². The molecular weight excluding hydrogens is 318 g/mol. The van der Waals surface area contributed by atoms with Crippen molar-refractivity contribution in [3.63, 3.8) is 0 Å². The molecule has 0 radical (unpaired) electrons. The Labute approximate surface area is 145 Å². The zero-order chi connectivity index (χ0) is 17.6. The first-order valence-electron chi connectivity index (χ1n) is 7.62. The minimum Gasteiger partial charge on any atom is -0.497 e. The van der Waals surface area contributed by atoms with Crippen molar-refractivity contribution in [1.82, 2.24) is 9.97 Å². The first-order valence-corrected chi connectivity index (χ1v) is 7.62. The summed E-state index contributed by atoms with van der Waals surface area (Å²) in [6, 6.07) is 15.0. The summed E-state index contributed by atoms with van der Waals surface area (Å²) in [5, 5.41) is 6.35. The maximum Gasteiger partial charge on any atom is 0.159 e. The fourth-order valence-electron chi connectivity index (χ4n) is 2.27. The van der Waals surface area contributed by atoms with E-state index in [0.717, 1.165) is 22.9 Å². The summed E-state index contributed by atoms with van der Waals surface area (Å²) < 4.78 is 10.4. The molecule has 0 saturated heterocycles. The van der Waals surface area contributed by atoms with Crippen LogP contribution in [-0.2, 0) is 0 Å². The number of hydrogen-bond acceptors (Lipinski definition) is 7. The molecule has 0 aliphatic carbocycles. The SMILES string of the molecule is COc1cccc(Nc2ncnc(Nc3cccc(OC)c3)c2N)c1. The number of anilines is 5. The Morgan fingerprint density at radius 1 is 0.800 bits per heavy atom. The van der Waals surface area contributed by atoms with Gasteiger partial charge in [-0.05, 0) is 24.3 Å². The topological polar surface area (TPSA) is 94.3 Å². The van der Waals surface area contributed by atoms with Gasteiger partial charge in [0.2, 0.25) is 0 Å². The van der Waals surface area contributed by atoms with Crippen LogP contribution in [0, 0.1) is 0 Å². The molecule has 0 spiro atoms. The van der Waals surface area contributed by atoms with Crippen molar-refractivity contribution in [3.05, 3.63) is 54.9 Å². The molecule has 3 aromatic rings. The Hall–Kier alpha value is -3.48. The average molecular weight is 337 g/mol. The fraction of sp³-hybridized carbons (Fsp3) is 0.111. The van der Waals surface area contributed by atoms with Gasteiger partial charge in [-0.1, -0.05) is 12.1 Å². The predicted octanol–water partition coefficient (Wildman–Crippen LogP) is 3.56. The van der Waals surface area contributed by atoms with Gasteiger partial charge < -0.3 is 25.8 Å². The molecular formula is C18H19N5O2. The van der Waals surface area contributed by atoms with Crippen molar-refractivity contribution in [1.29, 1.82) is 0 Å². The van der Waals surface area contributed by atoms with E-state index in [9.17, 15) is 0 Å². The Balaban J connectivity index is 1.84. The van der Waals surface area contributed by atoms with Crippen LogP contribution in [0.2, 0.25) is 0 Å². The molecule has 0 aliphatic rings. The molecule has 25 heavy (non-hydrogen) atoms. The number of aromatic nitrogens is 2. The van der Waals surface area contributed by atoms with Gasteiger partial charge in [-0.25, -0.2) is 9.97 Å². The van der Waals surface area contributed by atoms with Gasteiger partial charge in [0.15, 0.2) is 11.6 Å². The van der Waals surface area contributed by atoms with Crippen molar-refractivity contribution in [2.24, 2.45) is 0 Å². The van der Waals surface area contributed by atoms with E-state index in [-0.39, 0.29) is 0 Å². The molecule has 1 heterocycles. The minimum absolute atomic E-state index is 0.410. The Morgan fingerprint density at radius 2 is 1.28 bits per heavy atom. The van der Waals surface area contributed by atoms with Gasteiger partial charge in [0.05, 0.1) is 14.2 Å². The summed E-state index contributed by atoms with van der Waals surface area (Å²) in [6.45, 7) is 0. The second kappa shape index (κ2) is 7.39. The summed E-state index contributed by atoms with van der Waals surface area (Å²) in [7, 11) is 3.24. The first-order chi connectivity index (χ1) is 12.2. The molecule has 0 atom stereocenters. The lowest BCUT2D eigenvalue weighted by Gasteiger charge is -2.13. The van der Waals surface area contributed by atoms with Gasteiger partial charge in [-0.3, -0.25) is 0 Å². The first kappa shape index (κ1) is 16.4. The minimum atomic E-state index is 0.410. The van der Waals surface area contributed by atoms with E-state index < -0.39 is 0 Å². The number of methoxy groups -OCH3 is 2. The van der Waals surface area contributed by atoms with Crippen LogP contribution in [0.1, 0.15) is 0 Å². The van der Waals surface area contributed by atoms with E-state index in [1.165, 1.54) is 6.33 Å². The maximum absolute atomic E-state index is 6.21. The zero-order valence-corrected chi connectivity index (χ0v) is 14.0. The predicted molar refractivity (Wildman–Crippen MR) is 99.0 cm³/mol. The quantitative estimate of drug-likeness (QED) is 0.633. The molecule has 128 valence electrons. The lowest BCUT2D eigenvalue weighted by atomic mass is 10.3. The van der Waals surface area contributed by atoms with E-state index in [2.05, 4.69) is 20.6 Å². The molecule has 3 rings (SSSR count). The summed E-state index contributed by atoms with van der Waals surface area (Å²) in [5.74, 6) is 2.50. The van der Waals surface area contributed by atoms with Crippen LogP contribution in [0.15, 0.2) is 54.9 Å². The van der Waals surface area contributed by atoms with Crippen LogP contribution in [0.4, 0.5) is 28.7 Å². The van der Waals surface area contributed by atoms with Crippen molar-refractivity contribution in [2.45, 2.75) is 0 Å². The summed E-state index contributed by atoms with van der Waals surface area (Å²) in [6.07, 6.45) is 1.45. The number of hydrogen-bond donors (Lipinski definition) is 3. The Morgan fingerprint density at radius 3 is 1.72 bits per heavy atom. The van der Waals surface area contributed by atoms with Crippen molar-refractivity contribution >= 4 is 28.7 Å². The molecule has 0 aliphatic heterocycles. The molecule has 0 saturated carbocycles.